The summed E-state index contributed by atoms with van der Waals surface area (Å²) in [6.45, 7) is 2.86. The van der Waals surface area contributed by atoms with Crippen LogP contribution in [0.25, 0.3) is 0 Å². The van der Waals surface area contributed by atoms with E-state index in [0.717, 1.165) is 16.7 Å². The number of hydroxylamine groups is 1. The third-order valence-electron chi connectivity index (χ3n) is 1.90. The molecule has 0 aliphatic heterocycles. The third-order valence-corrected chi connectivity index (χ3v) is 1.90. The lowest BCUT2D eigenvalue weighted by molar-refractivity contribution is -0.190. The largest absolute Gasteiger partial charge is 0.413 e. The van der Waals surface area contributed by atoms with E-state index in [-0.39, 0.29) is 6.54 Å². The highest BCUT2D eigenvalue weighted by molar-refractivity contribution is 5.28. The summed E-state index contributed by atoms with van der Waals surface area (Å²) in [6.07, 6.45) is -4.30. The van der Waals surface area contributed by atoms with Crippen molar-refractivity contribution in [1.82, 2.24) is 5.48 Å². The number of halogens is 3. The van der Waals surface area contributed by atoms with Crippen molar-refractivity contribution in [3.63, 3.8) is 0 Å². The van der Waals surface area contributed by atoms with Crippen LogP contribution in [0.4, 0.5) is 13.2 Å². The minimum atomic E-state index is -4.30. The summed E-state index contributed by atoms with van der Waals surface area (Å²) < 4.78 is 35.2. The third kappa shape index (κ3) is 5.14. The Hall–Kier alpha value is -1.07. The van der Waals surface area contributed by atoms with Gasteiger partial charge < -0.3 is 0 Å². The SMILES string of the molecule is Cc1cc(C)cc(CNOCC(F)(F)F)c1. The van der Waals surface area contributed by atoms with Crippen LogP contribution in [0.3, 0.4) is 0 Å². The van der Waals surface area contributed by atoms with Crippen molar-refractivity contribution in [3.05, 3.63) is 34.9 Å². The predicted octanol–water partition coefficient (Wildman–Crippen LogP) is 2.89. The summed E-state index contributed by atoms with van der Waals surface area (Å²) in [5.74, 6) is 0. The summed E-state index contributed by atoms with van der Waals surface area (Å²) in [5, 5.41) is 0. The fourth-order valence-corrected chi connectivity index (χ4v) is 1.44. The van der Waals surface area contributed by atoms with Crippen LogP contribution in [0.1, 0.15) is 16.7 Å². The minimum Gasteiger partial charge on any atom is -0.292 e. The summed E-state index contributed by atoms with van der Waals surface area (Å²) in [6, 6.07) is 5.80. The molecule has 90 valence electrons. The molecular formula is C11H14F3NO. The molecule has 0 bridgehead atoms. The molecule has 0 saturated heterocycles. The topological polar surface area (TPSA) is 21.3 Å². The first-order valence-electron chi connectivity index (χ1n) is 4.85. The van der Waals surface area contributed by atoms with Gasteiger partial charge in [-0.1, -0.05) is 29.3 Å². The maximum absolute atomic E-state index is 11.7. The molecule has 0 amide bonds. The molecule has 2 nitrogen and oxygen atoms in total. The van der Waals surface area contributed by atoms with Crippen molar-refractivity contribution in [2.24, 2.45) is 0 Å². The Balaban J connectivity index is 2.37. The van der Waals surface area contributed by atoms with E-state index in [1.54, 1.807) is 0 Å². The lowest BCUT2D eigenvalue weighted by Gasteiger charge is -2.09. The van der Waals surface area contributed by atoms with Gasteiger partial charge in [0.2, 0.25) is 0 Å². The van der Waals surface area contributed by atoms with Crippen molar-refractivity contribution in [3.8, 4) is 0 Å². The van der Waals surface area contributed by atoms with E-state index in [4.69, 9.17) is 0 Å². The molecule has 1 aromatic carbocycles. The molecule has 0 radical (unpaired) electrons. The molecule has 0 atom stereocenters. The highest BCUT2D eigenvalue weighted by Gasteiger charge is 2.27. The van der Waals surface area contributed by atoms with Crippen LogP contribution in [-0.2, 0) is 11.4 Å². The van der Waals surface area contributed by atoms with E-state index in [1.807, 2.05) is 32.0 Å². The van der Waals surface area contributed by atoms with Gasteiger partial charge in [-0.25, -0.2) is 0 Å². The van der Waals surface area contributed by atoms with Crippen LogP contribution in [0, 0.1) is 13.8 Å². The van der Waals surface area contributed by atoms with Gasteiger partial charge in [0.05, 0.1) is 0 Å². The van der Waals surface area contributed by atoms with Crippen LogP contribution < -0.4 is 5.48 Å². The van der Waals surface area contributed by atoms with Crippen molar-refractivity contribution in [2.75, 3.05) is 6.61 Å². The van der Waals surface area contributed by atoms with Crippen molar-refractivity contribution in [1.29, 1.82) is 0 Å². The van der Waals surface area contributed by atoms with Crippen molar-refractivity contribution < 1.29 is 18.0 Å². The second-order valence-electron chi connectivity index (χ2n) is 3.72. The summed E-state index contributed by atoms with van der Waals surface area (Å²) in [7, 11) is 0. The molecule has 0 aliphatic carbocycles. The van der Waals surface area contributed by atoms with Crippen molar-refractivity contribution >= 4 is 0 Å². The Morgan fingerprint density at radius 1 is 1.12 bits per heavy atom. The molecule has 0 aliphatic rings. The summed E-state index contributed by atoms with van der Waals surface area (Å²) in [5.41, 5.74) is 5.35. The second kappa shape index (κ2) is 5.32. The Bertz CT molecular complexity index is 329. The average Bonchev–Trinajstić information content (AvgIpc) is 2.09. The quantitative estimate of drug-likeness (QED) is 0.637. The predicted molar refractivity (Wildman–Crippen MR) is 54.8 cm³/mol. The van der Waals surface area contributed by atoms with E-state index in [2.05, 4.69) is 10.3 Å². The zero-order chi connectivity index (χ0) is 12.2. The van der Waals surface area contributed by atoms with Gasteiger partial charge in [0.25, 0.3) is 0 Å². The normalized spacial score (nSPS) is 11.8. The maximum atomic E-state index is 11.7. The summed E-state index contributed by atoms with van der Waals surface area (Å²) in [4.78, 5) is 4.31. The van der Waals surface area contributed by atoms with Crippen LogP contribution in [0.15, 0.2) is 18.2 Å². The number of benzene rings is 1. The van der Waals surface area contributed by atoms with Crippen LogP contribution in [-0.4, -0.2) is 12.8 Å². The van der Waals surface area contributed by atoms with Gasteiger partial charge in [-0.3, -0.25) is 4.84 Å². The molecular weight excluding hydrogens is 219 g/mol. The van der Waals surface area contributed by atoms with Gasteiger partial charge in [-0.15, -0.1) is 0 Å². The van der Waals surface area contributed by atoms with Crippen molar-refractivity contribution in [2.45, 2.75) is 26.6 Å². The molecule has 0 aromatic heterocycles. The first kappa shape index (κ1) is 13.0. The van der Waals surface area contributed by atoms with Gasteiger partial charge in [0.1, 0.15) is 0 Å². The highest BCUT2D eigenvalue weighted by atomic mass is 19.4. The van der Waals surface area contributed by atoms with E-state index < -0.39 is 12.8 Å². The van der Waals surface area contributed by atoms with Gasteiger partial charge in [-0.05, 0) is 19.4 Å². The standard InChI is InChI=1S/C11H14F3NO/c1-8-3-9(2)5-10(4-8)6-15-16-7-11(12,13)14/h3-5,15H,6-7H2,1-2H3. The molecule has 0 saturated carbocycles. The first-order chi connectivity index (χ1) is 7.37. The zero-order valence-electron chi connectivity index (χ0n) is 9.19. The van der Waals surface area contributed by atoms with Crippen LogP contribution in [0.5, 0.6) is 0 Å². The number of hydrogen-bond donors (Lipinski definition) is 1. The summed E-state index contributed by atoms with van der Waals surface area (Å²) >= 11 is 0. The molecule has 1 aromatic rings. The lowest BCUT2D eigenvalue weighted by Crippen LogP contribution is -2.24. The molecule has 16 heavy (non-hydrogen) atoms. The Morgan fingerprint density at radius 2 is 1.69 bits per heavy atom. The fraction of sp³-hybridized carbons (Fsp3) is 0.455. The first-order valence-corrected chi connectivity index (χ1v) is 4.85. The number of alkyl halides is 3. The lowest BCUT2D eigenvalue weighted by atomic mass is 10.1. The molecule has 0 heterocycles. The van der Waals surface area contributed by atoms with Crippen LogP contribution in [0.2, 0.25) is 0 Å². The molecule has 0 fully saturated rings. The zero-order valence-corrected chi connectivity index (χ0v) is 9.19. The van der Waals surface area contributed by atoms with Crippen LogP contribution >= 0.6 is 0 Å². The highest BCUT2D eigenvalue weighted by Crippen LogP contribution is 2.14. The second-order valence-corrected chi connectivity index (χ2v) is 3.72. The number of hydrogen-bond acceptors (Lipinski definition) is 2. The molecule has 1 rings (SSSR count). The van der Waals surface area contributed by atoms with Gasteiger partial charge in [-0.2, -0.15) is 18.7 Å². The maximum Gasteiger partial charge on any atom is 0.413 e. The van der Waals surface area contributed by atoms with E-state index in [1.165, 1.54) is 0 Å². The number of aryl methyl sites for hydroxylation is 2. The van der Waals surface area contributed by atoms with E-state index >= 15 is 0 Å². The average molecular weight is 233 g/mol. The smallest absolute Gasteiger partial charge is 0.292 e. The van der Waals surface area contributed by atoms with E-state index in [9.17, 15) is 13.2 Å². The Labute approximate surface area is 92.4 Å². The number of rotatable bonds is 4. The molecule has 5 heteroatoms. The Morgan fingerprint density at radius 3 is 2.19 bits per heavy atom. The molecule has 0 spiro atoms. The Kier molecular flexibility index (Phi) is 4.32. The van der Waals surface area contributed by atoms with Gasteiger partial charge in [0.15, 0.2) is 6.61 Å². The monoisotopic (exact) mass is 233 g/mol. The van der Waals surface area contributed by atoms with Gasteiger partial charge >= 0.3 is 6.18 Å². The molecule has 0 unspecified atom stereocenters. The molecule has 1 N–H and O–H groups in total. The fourth-order valence-electron chi connectivity index (χ4n) is 1.44. The minimum absolute atomic E-state index is 0.262. The van der Waals surface area contributed by atoms with Gasteiger partial charge in [0, 0.05) is 6.54 Å². The number of nitrogens with one attached hydrogen (secondary N) is 1. The van der Waals surface area contributed by atoms with E-state index in [0.29, 0.717) is 0 Å².